The lowest BCUT2D eigenvalue weighted by Crippen LogP contribution is -2.33. The highest BCUT2D eigenvalue weighted by atomic mass is 79.9. The summed E-state index contributed by atoms with van der Waals surface area (Å²) in [5.41, 5.74) is 0. The molecule has 1 amide bonds. The van der Waals surface area contributed by atoms with Gasteiger partial charge in [0.05, 0.1) is 13.0 Å². The van der Waals surface area contributed by atoms with Gasteiger partial charge in [-0.15, -0.1) is 0 Å². The molecule has 1 unspecified atom stereocenters. The topological polar surface area (TPSA) is 58.6 Å². The van der Waals surface area contributed by atoms with E-state index in [1.807, 2.05) is 31.2 Å². The van der Waals surface area contributed by atoms with Gasteiger partial charge in [-0.2, -0.15) is 0 Å². The van der Waals surface area contributed by atoms with E-state index in [-0.39, 0.29) is 18.6 Å². The Morgan fingerprint density at radius 2 is 2.32 bits per heavy atom. The van der Waals surface area contributed by atoms with E-state index >= 15 is 0 Å². The third kappa shape index (κ3) is 7.18. The van der Waals surface area contributed by atoms with E-state index in [0.29, 0.717) is 19.4 Å². The van der Waals surface area contributed by atoms with Crippen molar-refractivity contribution >= 4 is 21.8 Å². The number of amides is 1. The Morgan fingerprint density at radius 1 is 1.53 bits per heavy atom. The monoisotopic (exact) mass is 329 g/mol. The largest absolute Gasteiger partial charge is 0.493 e. The zero-order valence-electron chi connectivity index (χ0n) is 11.1. The van der Waals surface area contributed by atoms with Crippen LogP contribution in [0.1, 0.15) is 26.2 Å². The molecule has 0 aliphatic heterocycles. The van der Waals surface area contributed by atoms with Gasteiger partial charge in [0.1, 0.15) is 5.75 Å². The summed E-state index contributed by atoms with van der Waals surface area (Å²) in [7, 11) is 0. The highest BCUT2D eigenvalue weighted by molar-refractivity contribution is 9.10. The fraction of sp³-hybridized carbons (Fsp3) is 0.500. The molecule has 106 valence electrons. The maximum absolute atomic E-state index is 11.6. The summed E-state index contributed by atoms with van der Waals surface area (Å²) in [6, 6.07) is 7.61. The van der Waals surface area contributed by atoms with E-state index in [2.05, 4.69) is 21.2 Å². The van der Waals surface area contributed by atoms with Crippen LogP contribution in [0.15, 0.2) is 28.7 Å². The first-order valence-electron chi connectivity index (χ1n) is 6.40. The fourth-order valence-corrected chi connectivity index (χ4v) is 2.01. The zero-order valence-corrected chi connectivity index (χ0v) is 12.6. The molecule has 0 aliphatic carbocycles. The molecule has 19 heavy (non-hydrogen) atoms. The SMILES string of the molecule is CC(CCCO)NC(=O)CCOc1cccc(Br)c1. The Morgan fingerprint density at radius 3 is 3.00 bits per heavy atom. The average molecular weight is 330 g/mol. The van der Waals surface area contributed by atoms with Gasteiger partial charge in [-0.1, -0.05) is 22.0 Å². The highest BCUT2D eigenvalue weighted by Gasteiger charge is 2.07. The summed E-state index contributed by atoms with van der Waals surface area (Å²) < 4.78 is 6.44. The van der Waals surface area contributed by atoms with Crippen LogP contribution < -0.4 is 10.1 Å². The molecule has 1 atom stereocenters. The van der Waals surface area contributed by atoms with Crippen LogP contribution in [0.5, 0.6) is 5.75 Å². The number of aliphatic hydroxyl groups is 1. The normalized spacial score (nSPS) is 11.9. The van der Waals surface area contributed by atoms with Gasteiger partial charge in [-0.05, 0) is 38.0 Å². The standard InChI is InChI=1S/C14H20BrNO3/c1-11(4-3-8-17)16-14(18)7-9-19-13-6-2-5-12(15)10-13/h2,5-6,10-11,17H,3-4,7-9H2,1H3,(H,16,18). The zero-order chi connectivity index (χ0) is 14.1. The minimum atomic E-state index is -0.0274. The van der Waals surface area contributed by atoms with Crippen molar-refractivity contribution < 1.29 is 14.6 Å². The second-order valence-electron chi connectivity index (χ2n) is 4.39. The van der Waals surface area contributed by atoms with Gasteiger partial charge in [0.2, 0.25) is 5.91 Å². The summed E-state index contributed by atoms with van der Waals surface area (Å²) in [4.78, 5) is 11.6. The number of nitrogens with one attached hydrogen (secondary N) is 1. The van der Waals surface area contributed by atoms with Crippen LogP contribution in [0.2, 0.25) is 0 Å². The summed E-state index contributed by atoms with van der Waals surface area (Å²) in [5.74, 6) is 0.718. The first-order valence-corrected chi connectivity index (χ1v) is 7.19. The molecule has 1 aromatic carbocycles. The van der Waals surface area contributed by atoms with E-state index in [0.717, 1.165) is 16.6 Å². The van der Waals surface area contributed by atoms with Crippen LogP contribution in [0.25, 0.3) is 0 Å². The maximum Gasteiger partial charge on any atom is 0.223 e. The Bertz CT molecular complexity index is 398. The van der Waals surface area contributed by atoms with Gasteiger partial charge >= 0.3 is 0 Å². The Balaban J connectivity index is 2.20. The number of ether oxygens (including phenoxy) is 1. The molecule has 5 heteroatoms. The molecule has 0 aromatic heterocycles. The summed E-state index contributed by atoms with van der Waals surface area (Å²) >= 11 is 3.36. The van der Waals surface area contributed by atoms with Crippen LogP contribution in [0.3, 0.4) is 0 Å². The van der Waals surface area contributed by atoms with E-state index in [1.54, 1.807) is 0 Å². The van der Waals surface area contributed by atoms with Crippen molar-refractivity contribution in [1.29, 1.82) is 0 Å². The molecule has 0 bridgehead atoms. The third-order valence-corrected chi connectivity index (χ3v) is 3.09. The molecule has 0 heterocycles. The number of halogens is 1. The van der Waals surface area contributed by atoms with Crippen LogP contribution in [0, 0.1) is 0 Å². The van der Waals surface area contributed by atoms with Gasteiger partial charge in [-0.25, -0.2) is 0 Å². The molecular formula is C14H20BrNO3. The van der Waals surface area contributed by atoms with Crippen molar-refractivity contribution in [3.8, 4) is 5.75 Å². The smallest absolute Gasteiger partial charge is 0.223 e. The lowest BCUT2D eigenvalue weighted by Gasteiger charge is -2.13. The third-order valence-electron chi connectivity index (χ3n) is 2.60. The maximum atomic E-state index is 11.6. The first-order chi connectivity index (χ1) is 9.11. The van der Waals surface area contributed by atoms with Crippen LogP contribution in [-0.2, 0) is 4.79 Å². The van der Waals surface area contributed by atoms with Crippen molar-refractivity contribution in [3.63, 3.8) is 0 Å². The average Bonchev–Trinajstić information content (AvgIpc) is 2.36. The van der Waals surface area contributed by atoms with Crippen molar-refractivity contribution in [2.45, 2.75) is 32.2 Å². The quantitative estimate of drug-likeness (QED) is 0.770. The summed E-state index contributed by atoms with van der Waals surface area (Å²) in [5, 5.41) is 11.6. The van der Waals surface area contributed by atoms with Crippen molar-refractivity contribution in [1.82, 2.24) is 5.32 Å². The van der Waals surface area contributed by atoms with Crippen molar-refractivity contribution in [3.05, 3.63) is 28.7 Å². The number of aliphatic hydroxyl groups excluding tert-OH is 1. The van der Waals surface area contributed by atoms with Gasteiger partial charge in [0.25, 0.3) is 0 Å². The van der Waals surface area contributed by atoms with Gasteiger partial charge in [-0.3, -0.25) is 4.79 Å². The van der Waals surface area contributed by atoms with E-state index in [9.17, 15) is 4.79 Å². The van der Waals surface area contributed by atoms with E-state index < -0.39 is 0 Å². The Kier molecular flexibility index (Phi) is 7.52. The van der Waals surface area contributed by atoms with Gasteiger partial charge in [0.15, 0.2) is 0 Å². The highest BCUT2D eigenvalue weighted by Crippen LogP contribution is 2.17. The summed E-state index contributed by atoms with van der Waals surface area (Å²) in [6.45, 7) is 2.45. The molecule has 4 nitrogen and oxygen atoms in total. The molecule has 0 radical (unpaired) electrons. The van der Waals surface area contributed by atoms with Crippen LogP contribution in [-0.4, -0.2) is 30.3 Å². The van der Waals surface area contributed by atoms with Crippen molar-refractivity contribution in [2.75, 3.05) is 13.2 Å². The van der Waals surface area contributed by atoms with Gasteiger partial charge < -0.3 is 15.2 Å². The molecule has 1 rings (SSSR count). The summed E-state index contributed by atoms with van der Waals surface area (Å²) in [6.07, 6.45) is 1.82. The minimum absolute atomic E-state index is 0.0274. The molecule has 0 saturated heterocycles. The fourth-order valence-electron chi connectivity index (χ4n) is 1.63. The number of hydrogen-bond donors (Lipinski definition) is 2. The first kappa shape index (κ1) is 16.0. The Hall–Kier alpha value is -1.07. The lowest BCUT2D eigenvalue weighted by atomic mass is 10.2. The second kappa shape index (κ2) is 8.93. The molecular weight excluding hydrogens is 310 g/mol. The Labute approximate surface area is 122 Å². The predicted molar refractivity (Wildman–Crippen MR) is 78.2 cm³/mol. The molecule has 1 aromatic rings. The molecule has 0 aliphatic rings. The lowest BCUT2D eigenvalue weighted by molar-refractivity contribution is -0.122. The van der Waals surface area contributed by atoms with Crippen LogP contribution >= 0.6 is 15.9 Å². The number of carbonyl (C=O) groups excluding carboxylic acids is 1. The second-order valence-corrected chi connectivity index (χ2v) is 5.31. The molecule has 0 saturated carbocycles. The minimum Gasteiger partial charge on any atom is -0.493 e. The van der Waals surface area contributed by atoms with E-state index in [1.165, 1.54) is 0 Å². The van der Waals surface area contributed by atoms with Crippen molar-refractivity contribution in [2.24, 2.45) is 0 Å². The van der Waals surface area contributed by atoms with Gasteiger partial charge in [0, 0.05) is 17.1 Å². The number of rotatable bonds is 8. The molecule has 0 spiro atoms. The predicted octanol–water partition coefficient (Wildman–Crippen LogP) is 2.50. The van der Waals surface area contributed by atoms with E-state index in [4.69, 9.17) is 9.84 Å². The molecule has 2 N–H and O–H groups in total. The number of hydrogen-bond acceptors (Lipinski definition) is 3. The van der Waals surface area contributed by atoms with Crippen LogP contribution in [0.4, 0.5) is 0 Å². The molecule has 0 fully saturated rings. The number of benzene rings is 1. The number of carbonyl (C=O) groups is 1.